The molecule has 5 rings (SSSR count). The number of imidazole rings is 1. The van der Waals surface area contributed by atoms with Crippen LogP contribution >= 0.6 is 0 Å². The third-order valence-electron chi connectivity index (χ3n) is 7.28. The van der Waals surface area contributed by atoms with Crippen LogP contribution in [0.25, 0.3) is 11.4 Å². The fourth-order valence-electron chi connectivity index (χ4n) is 5.29. The second-order valence-corrected chi connectivity index (χ2v) is 9.49. The summed E-state index contributed by atoms with van der Waals surface area (Å²) in [5.74, 6) is -0.673. The highest BCUT2D eigenvalue weighted by Gasteiger charge is 2.47. The van der Waals surface area contributed by atoms with Gasteiger partial charge in [0.1, 0.15) is 22.8 Å². The molecule has 0 spiro atoms. The Hall–Kier alpha value is -3.89. The van der Waals surface area contributed by atoms with Crippen molar-refractivity contribution in [3.8, 4) is 11.5 Å². The van der Waals surface area contributed by atoms with Gasteiger partial charge in [-0.1, -0.05) is 6.07 Å². The fraction of sp³-hybridized carbons (Fsp3) is 0.393. The number of ether oxygens (including phenoxy) is 3. The number of aliphatic hydroxyl groups is 1. The molecular weight excluding hydrogens is 488 g/mol. The number of pyridine rings is 1. The highest BCUT2D eigenvalue weighted by molar-refractivity contribution is 6.46. The van der Waals surface area contributed by atoms with E-state index in [1.165, 1.54) is 12.0 Å². The van der Waals surface area contributed by atoms with Crippen LogP contribution in [-0.2, 0) is 14.3 Å². The first-order valence-electron chi connectivity index (χ1n) is 12.6. The van der Waals surface area contributed by atoms with Crippen molar-refractivity contribution in [1.29, 1.82) is 0 Å². The molecule has 1 amide bonds. The van der Waals surface area contributed by atoms with Gasteiger partial charge in [0.05, 0.1) is 44.7 Å². The summed E-state index contributed by atoms with van der Waals surface area (Å²) in [7, 11) is 3.08. The molecule has 0 radical (unpaired) electrons. The molecule has 0 unspecified atom stereocenters. The van der Waals surface area contributed by atoms with Crippen molar-refractivity contribution < 1.29 is 28.9 Å². The number of aromatic nitrogens is 2. The minimum absolute atomic E-state index is 0.00469. The molecule has 1 atom stereocenters. The molecule has 2 aliphatic rings. The highest BCUT2D eigenvalue weighted by Crippen LogP contribution is 2.44. The Morgan fingerprint density at radius 2 is 1.87 bits per heavy atom. The van der Waals surface area contributed by atoms with E-state index in [4.69, 9.17) is 14.2 Å². The lowest BCUT2D eigenvalue weighted by Crippen LogP contribution is -2.42. The molecule has 4 heterocycles. The number of carbonyl (C=O) groups is 2. The van der Waals surface area contributed by atoms with Crippen LogP contribution < -0.4 is 9.47 Å². The molecule has 2 aliphatic heterocycles. The lowest BCUT2D eigenvalue weighted by Gasteiger charge is -2.31. The summed E-state index contributed by atoms with van der Waals surface area (Å²) in [6.07, 6.45) is 1.78. The summed E-state index contributed by atoms with van der Waals surface area (Å²) in [5.41, 5.74) is 3.07. The van der Waals surface area contributed by atoms with Crippen LogP contribution in [0, 0.1) is 13.8 Å². The Kier molecular flexibility index (Phi) is 7.09. The first kappa shape index (κ1) is 25.7. The van der Waals surface area contributed by atoms with Crippen LogP contribution in [0.3, 0.4) is 0 Å². The maximum Gasteiger partial charge on any atom is 0.295 e. The van der Waals surface area contributed by atoms with Crippen LogP contribution in [0.2, 0.25) is 0 Å². The van der Waals surface area contributed by atoms with E-state index in [9.17, 15) is 14.7 Å². The van der Waals surface area contributed by atoms with Crippen LogP contribution in [-0.4, -0.2) is 89.6 Å². The molecule has 2 aromatic heterocycles. The van der Waals surface area contributed by atoms with Crippen molar-refractivity contribution in [1.82, 2.24) is 19.2 Å². The number of nitrogens with zero attached hydrogens (tertiary/aromatic N) is 4. The third-order valence-corrected chi connectivity index (χ3v) is 7.28. The van der Waals surface area contributed by atoms with Crippen LogP contribution in [0.4, 0.5) is 0 Å². The molecule has 38 heavy (non-hydrogen) atoms. The van der Waals surface area contributed by atoms with Crippen molar-refractivity contribution in [2.45, 2.75) is 19.9 Å². The minimum atomic E-state index is -0.879. The lowest BCUT2D eigenvalue weighted by atomic mass is 9.95. The molecule has 1 aromatic carbocycles. The molecular formula is C28H32N4O6. The van der Waals surface area contributed by atoms with Crippen molar-refractivity contribution in [3.63, 3.8) is 0 Å². The average Bonchev–Trinajstić information content (AvgIpc) is 3.41. The highest BCUT2D eigenvalue weighted by atomic mass is 16.5. The molecule has 2 saturated heterocycles. The van der Waals surface area contributed by atoms with E-state index in [0.717, 1.165) is 18.7 Å². The number of amides is 1. The van der Waals surface area contributed by atoms with Gasteiger partial charge < -0.3 is 24.2 Å². The topological polar surface area (TPSA) is 106 Å². The van der Waals surface area contributed by atoms with Gasteiger partial charge in [0, 0.05) is 37.9 Å². The number of fused-ring (bicyclic) bond motifs is 1. The van der Waals surface area contributed by atoms with Gasteiger partial charge in [-0.15, -0.1) is 0 Å². The SMILES string of the molecule is COc1ccc(OC)c([C@H]2/C(=C(\O)c3c(C)nc4c(C)cccn34)C(=O)C(=O)N2CCN2CCOCC2)c1. The predicted octanol–water partition coefficient (Wildman–Crippen LogP) is 2.72. The number of benzene rings is 1. The van der Waals surface area contributed by atoms with Crippen molar-refractivity contribution in [3.05, 3.63) is 64.6 Å². The van der Waals surface area contributed by atoms with Crippen molar-refractivity contribution >= 4 is 23.1 Å². The summed E-state index contributed by atoms with van der Waals surface area (Å²) in [5, 5.41) is 11.7. The Labute approximate surface area is 221 Å². The normalized spacial score (nSPS) is 19.9. The number of ketones is 1. The maximum absolute atomic E-state index is 13.6. The van der Waals surface area contributed by atoms with Crippen LogP contribution in [0.5, 0.6) is 11.5 Å². The number of methoxy groups -OCH3 is 2. The van der Waals surface area contributed by atoms with E-state index in [2.05, 4.69) is 9.88 Å². The number of Topliss-reactive ketones (excluding diaryl/α,β-unsaturated/α-hetero) is 1. The standard InChI is InChI=1S/C28H32N4O6/c1-17-6-5-9-31-23(18(2)29-27(17)31)25(33)22-24(20-16-19(36-3)7-8-21(20)37-4)32(28(35)26(22)34)11-10-30-12-14-38-15-13-30/h5-9,16,24,33H,10-15H2,1-4H3/b25-22+/t24-/m0/s1. The number of rotatable bonds is 7. The molecule has 0 saturated carbocycles. The zero-order chi connectivity index (χ0) is 27.0. The Bertz CT molecular complexity index is 1420. The largest absolute Gasteiger partial charge is 0.505 e. The first-order valence-corrected chi connectivity index (χ1v) is 12.6. The molecule has 0 bridgehead atoms. The molecule has 1 N–H and O–H groups in total. The number of aryl methyl sites for hydroxylation is 2. The molecule has 0 aliphatic carbocycles. The van der Waals surface area contributed by atoms with Gasteiger partial charge in [-0.05, 0) is 43.7 Å². The first-order chi connectivity index (χ1) is 18.3. The summed E-state index contributed by atoms with van der Waals surface area (Å²) in [4.78, 5) is 35.4. The number of hydrogen-bond acceptors (Lipinski definition) is 8. The second kappa shape index (κ2) is 10.5. The number of carbonyl (C=O) groups excluding carboxylic acids is 2. The van der Waals surface area contributed by atoms with Gasteiger partial charge in [-0.25, -0.2) is 4.98 Å². The van der Waals surface area contributed by atoms with Crippen LogP contribution in [0.1, 0.15) is 28.6 Å². The monoisotopic (exact) mass is 520 g/mol. The third kappa shape index (κ3) is 4.39. The molecule has 2 fully saturated rings. The van der Waals surface area contributed by atoms with E-state index >= 15 is 0 Å². The van der Waals surface area contributed by atoms with Crippen LogP contribution in [0.15, 0.2) is 42.1 Å². The summed E-state index contributed by atoms with van der Waals surface area (Å²) < 4.78 is 18.3. The maximum atomic E-state index is 13.6. The van der Waals surface area contributed by atoms with E-state index in [1.807, 2.05) is 19.1 Å². The number of hydrogen-bond donors (Lipinski definition) is 1. The quantitative estimate of drug-likeness (QED) is 0.288. The average molecular weight is 521 g/mol. The van der Waals surface area contributed by atoms with Gasteiger partial charge in [-0.2, -0.15) is 0 Å². The summed E-state index contributed by atoms with van der Waals surface area (Å²) >= 11 is 0. The number of aliphatic hydroxyl groups excluding tert-OH is 1. The van der Waals surface area contributed by atoms with E-state index in [-0.39, 0.29) is 17.9 Å². The minimum Gasteiger partial charge on any atom is -0.505 e. The fourth-order valence-corrected chi connectivity index (χ4v) is 5.29. The van der Waals surface area contributed by atoms with E-state index in [1.54, 1.807) is 42.8 Å². The molecule has 10 nitrogen and oxygen atoms in total. The van der Waals surface area contributed by atoms with Crippen molar-refractivity contribution in [2.75, 3.05) is 53.6 Å². The van der Waals surface area contributed by atoms with Gasteiger partial charge in [-0.3, -0.25) is 18.9 Å². The number of morpholine rings is 1. The molecule has 10 heteroatoms. The Balaban J connectivity index is 1.68. The van der Waals surface area contributed by atoms with Crippen molar-refractivity contribution in [2.24, 2.45) is 0 Å². The molecule has 3 aromatic rings. The smallest absolute Gasteiger partial charge is 0.295 e. The second-order valence-electron chi connectivity index (χ2n) is 9.49. The lowest BCUT2D eigenvalue weighted by molar-refractivity contribution is -0.140. The Morgan fingerprint density at radius 3 is 2.58 bits per heavy atom. The van der Waals surface area contributed by atoms with E-state index in [0.29, 0.717) is 53.9 Å². The Morgan fingerprint density at radius 1 is 1.11 bits per heavy atom. The zero-order valence-electron chi connectivity index (χ0n) is 22.1. The molecule has 200 valence electrons. The summed E-state index contributed by atoms with van der Waals surface area (Å²) in [6, 6.07) is 8.13. The summed E-state index contributed by atoms with van der Waals surface area (Å²) in [6.45, 7) is 7.30. The van der Waals surface area contributed by atoms with E-state index < -0.39 is 17.7 Å². The zero-order valence-corrected chi connectivity index (χ0v) is 22.1. The predicted molar refractivity (Wildman–Crippen MR) is 140 cm³/mol. The number of likely N-dealkylation sites (tertiary alicyclic amines) is 1. The van der Waals surface area contributed by atoms with Gasteiger partial charge in [0.25, 0.3) is 11.7 Å². The van der Waals surface area contributed by atoms with Gasteiger partial charge in [0.2, 0.25) is 0 Å². The van der Waals surface area contributed by atoms with Gasteiger partial charge >= 0.3 is 0 Å². The van der Waals surface area contributed by atoms with Gasteiger partial charge in [0.15, 0.2) is 5.76 Å².